The summed E-state index contributed by atoms with van der Waals surface area (Å²) in [6, 6.07) is 4.87. The van der Waals surface area contributed by atoms with Crippen LogP contribution in [0.15, 0.2) is 29.2 Å². The average molecular weight is 463 g/mol. The molecule has 1 spiro atoms. The van der Waals surface area contributed by atoms with Gasteiger partial charge in [0.2, 0.25) is 0 Å². The molecule has 178 valence electrons. The Hall–Kier alpha value is -2.94. The number of carbonyl (C=O) groups is 1. The summed E-state index contributed by atoms with van der Waals surface area (Å²) in [5.41, 5.74) is 0.314. The third-order valence-corrected chi connectivity index (χ3v) is 6.17. The van der Waals surface area contributed by atoms with Gasteiger partial charge in [-0.2, -0.15) is 0 Å². The maximum atomic E-state index is 14.1. The molecule has 0 radical (unpaired) electrons. The Morgan fingerprint density at radius 3 is 2.52 bits per heavy atom. The van der Waals surface area contributed by atoms with Crippen LogP contribution in [0.25, 0.3) is 11.3 Å². The molecule has 1 aromatic heterocycles. The Bertz CT molecular complexity index is 1120. The van der Waals surface area contributed by atoms with Gasteiger partial charge in [-0.05, 0) is 31.0 Å². The number of carbonyl (C=O) groups excluding carboxylic acids is 1. The van der Waals surface area contributed by atoms with Gasteiger partial charge in [-0.15, -0.1) is 0 Å². The van der Waals surface area contributed by atoms with Gasteiger partial charge in [-0.1, -0.05) is 0 Å². The highest BCUT2D eigenvalue weighted by Gasteiger charge is 2.59. The van der Waals surface area contributed by atoms with Crippen LogP contribution in [0.4, 0.5) is 8.78 Å². The number of fused-ring (bicyclic) bond motifs is 4. The van der Waals surface area contributed by atoms with Crippen molar-refractivity contribution in [3.63, 3.8) is 0 Å². The number of halogens is 2. The van der Waals surface area contributed by atoms with Crippen molar-refractivity contribution in [3.05, 3.63) is 45.7 Å². The zero-order valence-corrected chi connectivity index (χ0v) is 18.9. The Labute approximate surface area is 190 Å². The lowest BCUT2D eigenvalue weighted by molar-refractivity contribution is -0.152. The molecule has 1 aliphatic heterocycles. The van der Waals surface area contributed by atoms with E-state index in [-0.39, 0.29) is 25.0 Å². The lowest BCUT2D eigenvalue weighted by Gasteiger charge is -2.52. The Morgan fingerprint density at radius 2 is 1.88 bits per heavy atom. The molecule has 4 rings (SSSR count). The molecule has 0 amide bonds. The molecule has 0 saturated heterocycles. The first-order chi connectivity index (χ1) is 15.7. The summed E-state index contributed by atoms with van der Waals surface area (Å²) >= 11 is 0. The molecule has 0 N–H and O–H groups in total. The number of hydrogen-bond acceptors (Lipinski definition) is 6. The molecule has 1 fully saturated rings. The summed E-state index contributed by atoms with van der Waals surface area (Å²) < 4.78 is 51.3. The van der Waals surface area contributed by atoms with Crippen molar-refractivity contribution in [1.82, 2.24) is 4.57 Å². The number of benzene rings is 1. The monoisotopic (exact) mass is 463 g/mol. The fourth-order valence-corrected chi connectivity index (χ4v) is 4.79. The van der Waals surface area contributed by atoms with Gasteiger partial charge >= 0.3 is 5.97 Å². The number of methoxy groups -OCH3 is 2. The maximum Gasteiger partial charge on any atom is 0.343 e. The molecule has 2 aliphatic rings. The van der Waals surface area contributed by atoms with Crippen molar-refractivity contribution in [2.24, 2.45) is 0 Å². The minimum absolute atomic E-state index is 0.108. The van der Waals surface area contributed by atoms with E-state index >= 15 is 0 Å². The number of pyridine rings is 1. The lowest BCUT2D eigenvalue weighted by atomic mass is 9.67. The fraction of sp³-hybridized carbons (Fsp3) is 0.500. The number of aromatic nitrogens is 1. The van der Waals surface area contributed by atoms with Crippen LogP contribution < -0.4 is 14.9 Å². The quantitative estimate of drug-likeness (QED) is 0.438. The number of ether oxygens (including phenoxy) is 4. The molecule has 9 heteroatoms. The third-order valence-electron chi connectivity index (χ3n) is 6.17. The molecular weight excluding hydrogens is 436 g/mol. The second-order valence-electron chi connectivity index (χ2n) is 8.49. The van der Waals surface area contributed by atoms with E-state index in [1.54, 1.807) is 30.7 Å². The molecule has 2 aromatic rings. The molecule has 1 saturated carbocycles. The van der Waals surface area contributed by atoms with E-state index < -0.39 is 22.9 Å². The molecular formula is C24H27F2NO6. The van der Waals surface area contributed by atoms with Gasteiger partial charge < -0.3 is 23.5 Å². The minimum atomic E-state index is -2.81. The molecule has 33 heavy (non-hydrogen) atoms. The summed E-state index contributed by atoms with van der Waals surface area (Å²) in [7, 11) is 3.12. The largest absolute Gasteiger partial charge is 0.493 e. The summed E-state index contributed by atoms with van der Waals surface area (Å²) in [4.78, 5) is 25.1. The van der Waals surface area contributed by atoms with Crippen molar-refractivity contribution in [2.45, 2.75) is 44.1 Å². The summed E-state index contributed by atoms with van der Waals surface area (Å²) in [5.74, 6) is -2.60. The van der Waals surface area contributed by atoms with E-state index in [9.17, 15) is 18.4 Å². The van der Waals surface area contributed by atoms with E-state index in [4.69, 9.17) is 18.9 Å². The summed E-state index contributed by atoms with van der Waals surface area (Å²) in [6.07, 6.45) is 1.60. The first kappa shape index (κ1) is 23.2. The Kier molecular flexibility index (Phi) is 6.18. The minimum Gasteiger partial charge on any atom is -0.493 e. The number of nitrogens with zero attached hydrogens (tertiary/aromatic N) is 1. The van der Waals surface area contributed by atoms with Gasteiger partial charge in [0, 0.05) is 50.8 Å². The van der Waals surface area contributed by atoms with Crippen molar-refractivity contribution >= 4 is 5.97 Å². The number of rotatable bonds is 8. The van der Waals surface area contributed by atoms with Gasteiger partial charge in [0.15, 0.2) is 16.9 Å². The smallest absolute Gasteiger partial charge is 0.343 e. The topological polar surface area (TPSA) is 76.0 Å². The molecule has 0 bridgehead atoms. The zero-order valence-electron chi connectivity index (χ0n) is 18.9. The van der Waals surface area contributed by atoms with Crippen LogP contribution in [0.5, 0.6) is 11.5 Å². The molecule has 2 heterocycles. The Balaban J connectivity index is 1.82. The van der Waals surface area contributed by atoms with Gasteiger partial charge in [-0.25, -0.2) is 13.6 Å². The van der Waals surface area contributed by atoms with Gasteiger partial charge in [0.25, 0.3) is 5.92 Å². The molecule has 1 aromatic carbocycles. The average Bonchev–Trinajstić information content (AvgIpc) is 2.75. The number of alkyl halides is 2. The van der Waals surface area contributed by atoms with E-state index in [1.807, 2.05) is 0 Å². The van der Waals surface area contributed by atoms with Crippen LogP contribution in [0, 0.1) is 0 Å². The standard InChI is InChI=1S/C24H27F2NO6/c1-4-32-22(29)17-12-27-18(10-19(17)28)16-9-20(31-3)21(33-7-5-6-30-2)8-15(16)11-23(27)13-24(25,26)14-23/h8-10,12H,4-7,11,13-14H2,1-3H3. The van der Waals surface area contributed by atoms with E-state index in [1.165, 1.54) is 19.4 Å². The normalized spacial score (nSPS) is 17.0. The van der Waals surface area contributed by atoms with Gasteiger partial charge in [0.1, 0.15) is 5.56 Å². The summed E-state index contributed by atoms with van der Waals surface area (Å²) in [6.45, 7) is 2.70. The van der Waals surface area contributed by atoms with Crippen molar-refractivity contribution in [2.75, 3.05) is 34.0 Å². The van der Waals surface area contributed by atoms with Gasteiger partial charge in [-0.3, -0.25) is 4.79 Å². The van der Waals surface area contributed by atoms with E-state index in [0.29, 0.717) is 48.8 Å². The lowest BCUT2D eigenvalue weighted by Crippen LogP contribution is -2.56. The van der Waals surface area contributed by atoms with E-state index in [2.05, 4.69) is 0 Å². The SMILES string of the molecule is CCOC(=O)c1cn2c(cc1=O)-c1cc(OC)c(OCCCOC)cc1CC21CC(F)(F)C1. The maximum absolute atomic E-state index is 14.1. The highest BCUT2D eigenvalue weighted by Crippen LogP contribution is 2.56. The van der Waals surface area contributed by atoms with Crippen LogP contribution >= 0.6 is 0 Å². The predicted molar refractivity (Wildman–Crippen MR) is 116 cm³/mol. The highest BCUT2D eigenvalue weighted by atomic mass is 19.3. The Morgan fingerprint density at radius 1 is 1.12 bits per heavy atom. The van der Waals surface area contributed by atoms with Crippen LogP contribution in [0.1, 0.15) is 42.1 Å². The fourth-order valence-electron chi connectivity index (χ4n) is 4.79. The third kappa shape index (κ3) is 4.21. The molecule has 0 atom stereocenters. The van der Waals surface area contributed by atoms with Crippen LogP contribution in [0.3, 0.4) is 0 Å². The summed E-state index contributed by atoms with van der Waals surface area (Å²) in [5, 5.41) is 0. The van der Waals surface area contributed by atoms with Crippen LogP contribution in [-0.2, 0) is 21.4 Å². The van der Waals surface area contributed by atoms with Crippen LogP contribution in [0.2, 0.25) is 0 Å². The zero-order chi connectivity index (χ0) is 23.8. The van der Waals surface area contributed by atoms with Gasteiger partial charge in [0.05, 0.1) is 31.6 Å². The number of hydrogen-bond donors (Lipinski definition) is 0. The predicted octanol–water partition coefficient (Wildman–Crippen LogP) is 3.80. The second kappa shape index (κ2) is 8.78. The van der Waals surface area contributed by atoms with Crippen molar-refractivity contribution < 1.29 is 32.5 Å². The molecule has 7 nitrogen and oxygen atoms in total. The first-order valence-corrected chi connectivity index (χ1v) is 10.9. The van der Waals surface area contributed by atoms with Crippen LogP contribution in [-0.4, -0.2) is 50.5 Å². The highest BCUT2D eigenvalue weighted by molar-refractivity contribution is 5.89. The van der Waals surface area contributed by atoms with Crippen molar-refractivity contribution in [1.29, 1.82) is 0 Å². The van der Waals surface area contributed by atoms with Crippen molar-refractivity contribution in [3.8, 4) is 22.8 Å². The number of esters is 1. The van der Waals surface area contributed by atoms with E-state index in [0.717, 1.165) is 5.56 Å². The first-order valence-electron chi connectivity index (χ1n) is 10.9. The molecule has 0 unspecified atom stereocenters. The molecule has 1 aliphatic carbocycles. The second-order valence-corrected chi connectivity index (χ2v) is 8.49.